The molecule has 34 heavy (non-hydrogen) atoms. The van der Waals surface area contributed by atoms with E-state index < -0.39 is 0 Å². The minimum Gasteiger partial charge on any atom is -0.496 e. The van der Waals surface area contributed by atoms with Crippen LogP contribution in [-0.4, -0.2) is 27.1 Å². The third kappa shape index (κ3) is 4.69. The Balaban J connectivity index is 1.67. The Bertz CT molecular complexity index is 1380. The van der Waals surface area contributed by atoms with Gasteiger partial charge in [-0.25, -0.2) is 0 Å². The number of ether oxygens (including phenoxy) is 1. The van der Waals surface area contributed by atoms with Gasteiger partial charge in [0.15, 0.2) is 0 Å². The molecule has 4 rings (SSSR count). The molecule has 0 atom stereocenters. The summed E-state index contributed by atoms with van der Waals surface area (Å²) in [6, 6.07) is 18.0. The maximum Gasteiger partial charge on any atom is 0.248 e. The molecular formula is C29H30N2O3. The molecule has 174 valence electrons. The van der Waals surface area contributed by atoms with E-state index in [1.54, 1.807) is 19.4 Å². The van der Waals surface area contributed by atoms with Gasteiger partial charge in [0, 0.05) is 54.1 Å². The maximum atomic E-state index is 12.7. The first-order valence-corrected chi connectivity index (χ1v) is 11.2. The van der Waals surface area contributed by atoms with Crippen LogP contribution in [-0.2, 0) is 4.79 Å². The highest BCUT2D eigenvalue weighted by Gasteiger charge is 2.16. The first-order chi connectivity index (χ1) is 16.3. The molecule has 0 aliphatic heterocycles. The van der Waals surface area contributed by atoms with E-state index in [1.165, 1.54) is 11.1 Å². The van der Waals surface area contributed by atoms with Gasteiger partial charge in [-0.1, -0.05) is 23.8 Å². The van der Waals surface area contributed by atoms with E-state index in [-0.39, 0.29) is 5.91 Å². The van der Waals surface area contributed by atoms with Crippen LogP contribution in [0.1, 0.15) is 23.6 Å². The molecule has 0 spiro atoms. The number of anilines is 2. The number of carbonyl (C=O) groups is 1. The molecule has 4 aromatic rings. The molecule has 5 nitrogen and oxygen atoms in total. The molecule has 0 radical (unpaired) electrons. The molecular weight excluding hydrogens is 424 g/mol. The number of furan rings is 1. The van der Waals surface area contributed by atoms with Gasteiger partial charge in [0.25, 0.3) is 0 Å². The molecule has 1 N–H and O–H groups in total. The van der Waals surface area contributed by atoms with Crippen LogP contribution in [0.15, 0.2) is 71.4 Å². The largest absolute Gasteiger partial charge is 0.496 e. The number of methoxy groups -OCH3 is 1. The number of hydrogen-bond donors (Lipinski definition) is 1. The fourth-order valence-corrected chi connectivity index (χ4v) is 4.15. The van der Waals surface area contributed by atoms with Gasteiger partial charge >= 0.3 is 0 Å². The van der Waals surface area contributed by atoms with Crippen molar-refractivity contribution in [3.63, 3.8) is 0 Å². The van der Waals surface area contributed by atoms with Crippen molar-refractivity contribution in [2.75, 3.05) is 31.4 Å². The predicted molar refractivity (Wildman–Crippen MR) is 141 cm³/mol. The molecule has 0 saturated heterocycles. The minimum atomic E-state index is -0.195. The van der Waals surface area contributed by atoms with Gasteiger partial charge in [-0.2, -0.15) is 0 Å². The van der Waals surface area contributed by atoms with E-state index in [2.05, 4.69) is 37.4 Å². The number of nitrogens with zero attached hydrogens (tertiary/aromatic N) is 1. The van der Waals surface area contributed by atoms with Gasteiger partial charge in [-0.15, -0.1) is 0 Å². The number of allylic oxidation sites excluding steroid dienone is 1. The summed E-state index contributed by atoms with van der Waals surface area (Å²) in [6.45, 7) is 6.10. The monoisotopic (exact) mass is 454 g/mol. The standard InChI is InChI=1S/C29H30N2O3/c1-18-7-12-23(19(2)13-18)26-17-34-28-16-27(33-6)24(15-25(26)28)20(3)14-29(32)30-21-8-10-22(11-9-21)31(4)5/h7-17H,1-6H3,(H,30,32)/b20-14+. The number of hydrogen-bond acceptors (Lipinski definition) is 4. The van der Waals surface area contributed by atoms with Gasteiger partial charge < -0.3 is 19.4 Å². The minimum absolute atomic E-state index is 0.195. The second-order valence-electron chi connectivity index (χ2n) is 8.77. The fraction of sp³-hybridized carbons (Fsp3) is 0.207. The lowest BCUT2D eigenvalue weighted by atomic mass is 9.96. The van der Waals surface area contributed by atoms with Crippen molar-refractivity contribution in [3.8, 4) is 16.9 Å². The van der Waals surface area contributed by atoms with E-state index >= 15 is 0 Å². The van der Waals surface area contributed by atoms with Crippen molar-refractivity contribution in [2.24, 2.45) is 0 Å². The van der Waals surface area contributed by atoms with Crippen LogP contribution in [0.3, 0.4) is 0 Å². The highest BCUT2D eigenvalue weighted by molar-refractivity contribution is 6.05. The number of carbonyl (C=O) groups excluding carboxylic acids is 1. The molecule has 1 heterocycles. The van der Waals surface area contributed by atoms with E-state index in [1.807, 2.05) is 62.3 Å². The number of amides is 1. The van der Waals surface area contributed by atoms with Gasteiger partial charge in [-0.3, -0.25) is 4.79 Å². The van der Waals surface area contributed by atoms with Crippen LogP contribution >= 0.6 is 0 Å². The molecule has 0 bridgehead atoms. The van der Waals surface area contributed by atoms with Gasteiger partial charge in [0.1, 0.15) is 11.3 Å². The predicted octanol–water partition coefficient (Wildman–Crippen LogP) is 6.83. The van der Waals surface area contributed by atoms with Crippen LogP contribution in [0, 0.1) is 13.8 Å². The fourth-order valence-electron chi connectivity index (χ4n) is 4.15. The second-order valence-corrected chi connectivity index (χ2v) is 8.77. The van der Waals surface area contributed by atoms with Gasteiger partial charge in [0.05, 0.1) is 13.4 Å². The van der Waals surface area contributed by atoms with Gasteiger partial charge in [-0.05, 0) is 67.8 Å². The quantitative estimate of drug-likeness (QED) is 0.324. The van der Waals surface area contributed by atoms with E-state index in [4.69, 9.17) is 9.15 Å². The lowest BCUT2D eigenvalue weighted by molar-refractivity contribution is -0.111. The Kier molecular flexibility index (Phi) is 6.46. The zero-order valence-electron chi connectivity index (χ0n) is 20.5. The first-order valence-electron chi connectivity index (χ1n) is 11.2. The van der Waals surface area contributed by atoms with Crippen molar-refractivity contribution in [3.05, 3.63) is 83.6 Å². The van der Waals surface area contributed by atoms with Gasteiger partial charge in [0.2, 0.25) is 5.91 Å². The summed E-state index contributed by atoms with van der Waals surface area (Å²) in [7, 11) is 5.59. The summed E-state index contributed by atoms with van der Waals surface area (Å²) >= 11 is 0. The number of fused-ring (bicyclic) bond motifs is 1. The zero-order valence-corrected chi connectivity index (χ0v) is 20.5. The summed E-state index contributed by atoms with van der Waals surface area (Å²) in [5, 5.41) is 3.92. The summed E-state index contributed by atoms with van der Waals surface area (Å²) in [6.07, 6.45) is 3.38. The Labute approximate surface area is 200 Å². The Morgan fingerprint density at radius 3 is 2.38 bits per heavy atom. The second kappa shape index (κ2) is 9.48. The third-order valence-electron chi connectivity index (χ3n) is 5.99. The smallest absolute Gasteiger partial charge is 0.248 e. The van der Waals surface area contributed by atoms with Crippen molar-refractivity contribution < 1.29 is 13.9 Å². The normalized spacial score (nSPS) is 11.5. The lowest BCUT2D eigenvalue weighted by Gasteiger charge is -2.13. The SMILES string of the molecule is COc1cc2occ(-c3ccc(C)cc3C)c2cc1/C(C)=C/C(=O)Nc1ccc(N(C)C)cc1. The molecule has 3 aromatic carbocycles. The topological polar surface area (TPSA) is 54.7 Å². The van der Waals surface area contributed by atoms with E-state index in [0.717, 1.165) is 44.6 Å². The van der Waals surface area contributed by atoms with Crippen molar-refractivity contribution >= 4 is 33.8 Å². The van der Waals surface area contributed by atoms with Crippen molar-refractivity contribution in [1.82, 2.24) is 0 Å². The lowest BCUT2D eigenvalue weighted by Crippen LogP contribution is -2.10. The Morgan fingerprint density at radius 2 is 1.74 bits per heavy atom. The molecule has 1 aromatic heterocycles. The van der Waals surface area contributed by atoms with Crippen molar-refractivity contribution in [1.29, 1.82) is 0 Å². The molecule has 5 heteroatoms. The molecule has 0 saturated carbocycles. The molecule has 0 fully saturated rings. The van der Waals surface area contributed by atoms with E-state index in [0.29, 0.717) is 5.75 Å². The molecule has 0 aliphatic rings. The Morgan fingerprint density at radius 1 is 1.00 bits per heavy atom. The number of rotatable bonds is 6. The maximum absolute atomic E-state index is 12.7. The highest BCUT2D eigenvalue weighted by atomic mass is 16.5. The number of benzene rings is 3. The summed E-state index contributed by atoms with van der Waals surface area (Å²) in [5.41, 5.74) is 8.76. The number of aryl methyl sites for hydroxylation is 2. The third-order valence-corrected chi connectivity index (χ3v) is 5.99. The highest BCUT2D eigenvalue weighted by Crippen LogP contribution is 2.38. The van der Waals surface area contributed by atoms with Crippen LogP contribution in [0.2, 0.25) is 0 Å². The summed E-state index contributed by atoms with van der Waals surface area (Å²) in [5.74, 6) is 0.463. The van der Waals surface area contributed by atoms with Crippen LogP contribution in [0.4, 0.5) is 11.4 Å². The van der Waals surface area contributed by atoms with E-state index in [9.17, 15) is 4.79 Å². The number of nitrogens with one attached hydrogen (secondary N) is 1. The first kappa shape index (κ1) is 23.2. The van der Waals surface area contributed by atoms with Crippen molar-refractivity contribution in [2.45, 2.75) is 20.8 Å². The van der Waals surface area contributed by atoms with Crippen LogP contribution < -0.4 is 15.0 Å². The average molecular weight is 455 g/mol. The summed E-state index contributed by atoms with van der Waals surface area (Å²) in [4.78, 5) is 14.8. The molecule has 0 aliphatic carbocycles. The molecule has 0 unspecified atom stereocenters. The Hall–Kier alpha value is -3.99. The summed E-state index contributed by atoms with van der Waals surface area (Å²) < 4.78 is 11.5. The van der Waals surface area contributed by atoms with Crippen LogP contribution in [0.5, 0.6) is 5.75 Å². The zero-order chi connectivity index (χ0) is 24.4. The molecule has 1 amide bonds. The van der Waals surface area contributed by atoms with Crippen LogP contribution in [0.25, 0.3) is 27.7 Å². The average Bonchev–Trinajstić information content (AvgIpc) is 3.21.